The van der Waals surface area contributed by atoms with Gasteiger partial charge in [0.1, 0.15) is 21.1 Å². The first-order valence-electron chi connectivity index (χ1n) is 7.14. The number of anilines is 1. The van der Waals surface area contributed by atoms with Gasteiger partial charge in [-0.25, -0.2) is 13.1 Å². The lowest BCUT2D eigenvalue weighted by Crippen LogP contribution is -2.20. The van der Waals surface area contributed by atoms with Crippen molar-refractivity contribution in [1.29, 1.82) is 0 Å². The maximum absolute atomic E-state index is 13.0. The Balaban J connectivity index is 2.18. The first-order chi connectivity index (χ1) is 11.9. The molecular formula is C13H12Cl2F5N3O2S2. The van der Waals surface area contributed by atoms with E-state index in [9.17, 15) is 27.8 Å². The van der Waals surface area contributed by atoms with Crippen LogP contribution in [0.15, 0.2) is 23.2 Å². The first kappa shape index (κ1) is 20.5. The fourth-order valence-electron chi connectivity index (χ4n) is 2.81. The van der Waals surface area contributed by atoms with Crippen LogP contribution < -0.4 is 5.73 Å². The highest BCUT2D eigenvalue weighted by Gasteiger charge is 2.65. The summed E-state index contributed by atoms with van der Waals surface area (Å²) in [7, 11) is -13.5. The van der Waals surface area contributed by atoms with E-state index in [2.05, 4.69) is 5.10 Å². The van der Waals surface area contributed by atoms with Crippen molar-refractivity contribution in [3.05, 3.63) is 33.9 Å². The summed E-state index contributed by atoms with van der Waals surface area (Å²) in [6.45, 7) is 0. The minimum atomic E-state index is -10.00. The molecule has 14 heteroatoms. The van der Waals surface area contributed by atoms with Gasteiger partial charge in [0.15, 0.2) is 9.84 Å². The van der Waals surface area contributed by atoms with E-state index >= 15 is 0 Å². The summed E-state index contributed by atoms with van der Waals surface area (Å²) in [5.41, 5.74) is 5.71. The van der Waals surface area contributed by atoms with E-state index in [1.54, 1.807) is 0 Å². The lowest BCUT2D eigenvalue weighted by Gasteiger charge is -2.40. The molecule has 1 aromatic heterocycles. The Morgan fingerprint density at radius 2 is 1.63 bits per heavy atom. The lowest BCUT2D eigenvalue weighted by molar-refractivity contribution is 0.364. The SMILES string of the molecule is CS(=O)(=O)C1(c2cnn(-c3c(Cl)cc(S(F)(F)(F)(F)F)cc3Cl)c2N)CC1. The average molecular weight is 472 g/mol. The van der Waals surface area contributed by atoms with Crippen molar-refractivity contribution in [2.24, 2.45) is 0 Å². The Bertz CT molecular complexity index is 1060. The van der Waals surface area contributed by atoms with Crippen LogP contribution in [0.1, 0.15) is 18.4 Å². The van der Waals surface area contributed by atoms with Gasteiger partial charge in [-0.3, -0.25) is 0 Å². The quantitative estimate of drug-likeness (QED) is 0.601. The molecule has 1 fully saturated rings. The van der Waals surface area contributed by atoms with Crippen LogP contribution in [-0.4, -0.2) is 24.5 Å². The Hall–Kier alpha value is -1.24. The molecule has 5 nitrogen and oxygen atoms in total. The summed E-state index contributed by atoms with van der Waals surface area (Å²) in [5, 5.41) is 2.32. The molecule has 1 heterocycles. The minimum Gasteiger partial charge on any atom is -0.383 e. The van der Waals surface area contributed by atoms with E-state index in [1.165, 1.54) is 0 Å². The van der Waals surface area contributed by atoms with Gasteiger partial charge in [-0.1, -0.05) is 42.6 Å². The number of hydrogen-bond donors (Lipinski definition) is 1. The molecular weight excluding hydrogens is 460 g/mol. The number of sulfone groups is 1. The molecule has 0 amide bonds. The number of benzene rings is 1. The average Bonchev–Trinajstić information content (AvgIpc) is 3.16. The second-order valence-corrected chi connectivity index (χ2v) is 11.9. The number of nitrogen functional groups attached to an aromatic ring is 1. The Kier molecular flexibility index (Phi) is 3.81. The number of nitrogens with two attached hydrogens (primary N) is 1. The predicted molar refractivity (Wildman–Crippen MR) is 95.1 cm³/mol. The highest BCUT2D eigenvalue weighted by Crippen LogP contribution is 3.02. The summed E-state index contributed by atoms with van der Waals surface area (Å²) < 4.78 is 88.6. The van der Waals surface area contributed by atoms with E-state index in [-0.39, 0.29) is 29.2 Å². The van der Waals surface area contributed by atoms with Crippen LogP contribution in [0.4, 0.5) is 25.2 Å². The molecule has 1 aromatic carbocycles. The van der Waals surface area contributed by atoms with Crippen molar-refractivity contribution in [1.82, 2.24) is 9.78 Å². The highest BCUT2D eigenvalue weighted by molar-refractivity contribution is 8.45. The van der Waals surface area contributed by atoms with Crippen molar-refractivity contribution in [2.75, 3.05) is 12.0 Å². The van der Waals surface area contributed by atoms with Crippen molar-refractivity contribution in [3.8, 4) is 5.69 Å². The molecule has 1 aliphatic rings. The second-order valence-electron chi connectivity index (χ2n) is 6.33. The van der Waals surface area contributed by atoms with Crippen LogP contribution in [-0.2, 0) is 14.6 Å². The van der Waals surface area contributed by atoms with Gasteiger partial charge in [0.2, 0.25) is 0 Å². The summed E-state index contributed by atoms with van der Waals surface area (Å²) >= 11 is 11.5. The third kappa shape index (κ3) is 3.36. The third-order valence-corrected chi connectivity index (χ3v) is 8.11. The fourth-order valence-corrected chi connectivity index (χ4v) is 5.67. The number of halogens is 7. The van der Waals surface area contributed by atoms with E-state index in [0.717, 1.165) is 17.1 Å². The molecule has 0 unspecified atom stereocenters. The lowest BCUT2D eigenvalue weighted by atomic mass is 10.2. The van der Waals surface area contributed by atoms with Crippen LogP contribution in [0.2, 0.25) is 10.0 Å². The normalized spacial score (nSPS) is 19.4. The fraction of sp³-hybridized carbons (Fsp3) is 0.308. The Labute approximate surface area is 160 Å². The van der Waals surface area contributed by atoms with E-state index in [0.29, 0.717) is 12.8 Å². The number of hydrogen-bond acceptors (Lipinski definition) is 4. The molecule has 0 spiro atoms. The van der Waals surface area contributed by atoms with Crippen molar-refractivity contribution >= 4 is 49.1 Å². The molecule has 0 atom stereocenters. The first-order valence-corrected chi connectivity index (χ1v) is 11.7. The summed E-state index contributed by atoms with van der Waals surface area (Å²) in [5.74, 6) is -0.207. The third-order valence-electron chi connectivity index (χ3n) is 4.36. The highest BCUT2D eigenvalue weighted by atomic mass is 35.5. The van der Waals surface area contributed by atoms with Gasteiger partial charge in [-0.15, -0.1) is 0 Å². The van der Waals surface area contributed by atoms with E-state index in [4.69, 9.17) is 28.9 Å². The molecule has 3 rings (SSSR count). The van der Waals surface area contributed by atoms with Crippen LogP contribution >= 0.6 is 33.4 Å². The smallest absolute Gasteiger partial charge is 0.310 e. The second kappa shape index (κ2) is 5.02. The zero-order valence-corrected chi connectivity index (χ0v) is 16.5. The Morgan fingerprint density at radius 3 is 2.00 bits per heavy atom. The summed E-state index contributed by atoms with van der Waals surface area (Å²) in [6.07, 6.45) is 2.77. The van der Waals surface area contributed by atoms with Crippen LogP contribution in [0.5, 0.6) is 0 Å². The molecule has 0 bridgehead atoms. The van der Waals surface area contributed by atoms with Crippen molar-refractivity contribution in [2.45, 2.75) is 22.5 Å². The molecule has 2 N–H and O–H groups in total. The van der Waals surface area contributed by atoms with Gasteiger partial charge in [0.25, 0.3) is 0 Å². The van der Waals surface area contributed by atoms with Crippen LogP contribution in [0.3, 0.4) is 0 Å². The van der Waals surface area contributed by atoms with Gasteiger partial charge in [-0.05, 0) is 25.0 Å². The van der Waals surface area contributed by atoms with Crippen LogP contribution in [0.25, 0.3) is 5.69 Å². The van der Waals surface area contributed by atoms with Crippen molar-refractivity contribution in [3.63, 3.8) is 0 Å². The maximum atomic E-state index is 13.0. The maximum Gasteiger partial charge on any atom is 0.310 e. The predicted octanol–water partition coefficient (Wildman–Crippen LogP) is 5.45. The Morgan fingerprint density at radius 1 is 1.15 bits per heavy atom. The zero-order valence-electron chi connectivity index (χ0n) is 13.4. The largest absolute Gasteiger partial charge is 0.383 e. The monoisotopic (exact) mass is 471 g/mol. The molecule has 1 aliphatic carbocycles. The van der Waals surface area contributed by atoms with Gasteiger partial charge >= 0.3 is 10.2 Å². The number of aromatic nitrogens is 2. The van der Waals surface area contributed by atoms with Crippen LogP contribution in [0, 0.1) is 0 Å². The topological polar surface area (TPSA) is 78.0 Å². The minimum absolute atomic E-state index is 0.0363. The van der Waals surface area contributed by atoms with Gasteiger partial charge < -0.3 is 5.73 Å². The molecule has 152 valence electrons. The van der Waals surface area contributed by atoms with Crippen molar-refractivity contribution < 1.29 is 27.8 Å². The molecule has 0 saturated heterocycles. The summed E-state index contributed by atoms with van der Waals surface area (Å²) in [6, 6.07) is 0.0726. The molecule has 27 heavy (non-hydrogen) atoms. The standard InChI is InChI=1S/C13H12Cl2F5N3O2S2/c1-26(24,25)13(2-3-13)8-6-22-23(12(8)21)11-9(14)4-7(5-10(11)15)27(16,17,18,19)20/h4-6H,2-3,21H2,1H3. The zero-order chi connectivity index (χ0) is 20.7. The molecule has 0 aliphatic heterocycles. The molecule has 2 aromatic rings. The number of nitrogens with zero attached hydrogens (tertiary/aromatic N) is 2. The molecule has 0 radical (unpaired) electrons. The van der Waals surface area contributed by atoms with Gasteiger partial charge in [0.05, 0.1) is 16.2 Å². The van der Waals surface area contributed by atoms with E-state index in [1.807, 2.05) is 0 Å². The van der Waals surface area contributed by atoms with E-state index < -0.39 is 39.7 Å². The van der Waals surface area contributed by atoms with Gasteiger partial charge in [0, 0.05) is 11.8 Å². The summed E-state index contributed by atoms with van der Waals surface area (Å²) in [4.78, 5) is -2.26. The van der Waals surface area contributed by atoms with Gasteiger partial charge in [-0.2, -0.15) is 5.10 Å². The number of rotatable bonds is 4. The molecule has 1 saturated carbocycles.